The van der Waals surface area contributed by atoms with Crippen LogP contribution in [0.1, 0.15) is 5.56 Å². The van der Waals surface area contributed by atoms with Crippen molar-refractivity contribution in [2.24, 2.45) is 0 Å². The van der Waals surface area contributed by atoms with Gasteiger partial charge in [-0.05, 0) is 12.1 Å². The Balaban J connectivity index is 1.89. The summed E-state index contributed by atoms with van der Waals surface area (Å²) in [5, 5.41) is 8.98. The zero-order chi connectivity index (χ0) is 16.9. The fourth-order valence-electron chi connectivity index (χ4n) is 2.30. The van der Waals surface area contributed by atoms with Gasteiger partial charge in [-0.2, -0.15) is 0 Å². The Hall–Kier alpha value is -2.47. The van der Waals surface area contributed by atoms with Crippen LogP contribution in [-0.2, 0) is 12.3 Å². The second-order valence-corrected chi connectivity index (χ2v) is 6.00. The summed E-state index contributed by atoms with van der Waals surface area (Å²) in [6, 6.07) is 13.5. The van der Waals surface area contributed by atoms with E-state index in [1.807, 2.05) is 34.9 Å². The van der Waals surface area contributed by atoms with Crippen molar-refractivity contribution in [2.75, 3.05) is 0 Å². The monoisotopic (exact) mass is 343 g/mol. The topological polar surface area (TPSA) is 30.7 Å². The standard InChI is InChI=1S/C18H15F2N3S/c1-2-11-23-17(13-7-4-3-5-8-13)21-22-18(23)24-12-14-15(19)9-6-10-16(14)20/h2-10H,1,11-12H2. The Labute approximate surface area is 143 Å². The van der Waals surface area contributed by atoms with Crippen molar-refractivity contribution >= 4 is 11.8 Å². The number of hydrogen-bond acceptors (Lipinski definition) is 3. The molecular weight excluding hydrogens is 328 g/mol. The summed E-state index contributed by atoms with van der Waals surface area (Å²) in [6.45, 7) is 4.27. The molecule has 0 N–H and O–H groups in total. The largest absolute Gasteiger partial charge is 0.298 e. The first-order valence-electron chi connectivity index (χ1n) is 7.36. The van der Waals surface area contributed by atoms with Crippen LogP contribution < -0.4 is 0 Å². The Morgan fingerprint density at radius 1 is 1.00 bits per heavy atom. The number of nitrogens with zero attached hydrogens (tertiary/aromatic N) is 3. The van der Waals surface area contributed by atoms with Crippen molar-refractivity contribution < 1.29 is 8.78 Å². The molecule has 1 heterocycles. The highest BCUT2D eigenvalue weighted by Gasteiger charge is 2.15. The maximum absolute atomic E-state index is 13.8. The smallest absolute Gasteiger partial charge is 0.192 e. The van der Waals surface area contributed by atoms with Crippen LogP contribution in [0.5, 0.6) is 0 Å². The maximum Gasteiger partial charge on any atom is 0.192 e. The van der Waals surface area contributed by atoms with E-state index in [1.54, 1.807) is 6.08 Å². The van der Waals surface area contributed by atoms with E-state index in [4.69, 9.17) is 0 Å². The summed E-state index contributed by atoms with van der Waals surface area (Å²) in [5.74, 6) is -0.268. The molecule has 122 valence electrons. The number of rotatable bonds is 6. The first kappa shape index (κ1) is 16.4. The molecule has 0 saturated carbocycles. The van der Waals surface area contributed by atoms with Gasteiger partial charge in [-0.15, -0.1) is 16.8 Å². The fourth-order valence-corrected chi connectivity index (χ4v) is 3.26. The summed E-state index contributed by atoms with van der Waals surface area (Å²) >= 11 is 1.25. The minimum absolute atomic E-state index is 0.0388. The van der Waals surface area contributed by atoms with Gasteiger partial charge >= 0.3 is 0 Å². The van der Waals surface area contributed by atoms with Crippen molar-refractivity contribution in [3.8, 4) is 11.4 Å². The highest BCUT2D eigenvalue weighted by atomic mass is 32.2. The van der Waals surface area contributed by atoms with Crippen molar-refractivity contribution in [1.82, 2.24) is 14.8 Å². The van der Waals surface area contributed by atoms with E-state index in [-0.39, 0.29) is 11.3 Å². The van der Waals surface area contributed by atoms with Gasteiger partial charge in [0.15, 0.2) is 11.0 Å². The van der Waals surface area contributed by atoms with Crippen molar-refractivity contribution in [2.45, 2.75) is 17.5 Å². The van der Waals surface area contributed by atoms with Gasteiger partial charge in [0.25, 0.3) is 0 Å². The second-order valence-electron chi connectivity index (χ2n) is 5.06. The van der Waals surface area contributed by atoms with E-state index >= 15 is 0 Å². The number of allylic oxidation sites excluding steroid dienone is 1. The lowest BCUT2D eigenvalue weighted by Gasteiger charge is -2.08. The number of halogens is 2. The number of benzene rings is 2. The Morgan fingerprint density at radius 2 is 1.71 bits per heavy atom. The van der Waals surface area contributed by atoms with Gasteiger partial charge < -0.3 is 0 Å². The zero-order valence-electron chi connectivity index (χ0n) is 12.8. The SMILES string of the molecule is C=CCn1c(SCc2c(F)cccc2F)nnc1-c1ccccc1. The Morgan fingerprint density at radius 3 is 2.38 bits per heavy atom. The molecule has 0 amide bonds. The van der Waals surface area contributed by atoms with Gasteiger partial charge in [0, 0.05) is 23.4 Å². The maximum atomic E-state index is 13.8. The molecule has 6 heteroatoms. The summed E-state index contributed by atoms with van der Waals surface area (Å²) < 4.78 is 29.4. The Bertz CT molecular complexity index is 826. The number of thioether (sulfide) groups is 1. The minimum atomic E-state index is -0.555. The summed E-state index contributed by atoms with van der Waals surface area (Å²) in [4.78, 5) is 0. The molecule has 0 bridgehead atoms. The third kappa shape index (κ3) is 3.38. The van der Waals surface area contributed by atoms with Crippen LogP contribution in [0.4, 0.5) is 8.78 Å². The summed E-state index contributed by atoms with van der Waals surface area (Å²) in [6.07, 6.45) is 1.74. The third-order valence-corrected chi connectivity index (χ3v) is 4.46. The van der Waals surface area contributed by atoms with Crippen LogP contribution in [0, 0.1) is 11.6 Å². The quantitative estimate of drug-likeness (QED) is 0.480. The lowest BCUT2D eigenvalue weighted by atomic mass is 10.2. The van der Waals surface area contributed by atoms with Crippen LogP contribution in [-0.4, -0.2) is 14.8 Å². The molecule has 3 nitrogen and oxygen atoms in total. The van der Waals surface area contributed by atoms with Gasteiger partial charge in [0.2, 0.25) is 0 Å². The molecule has 2 aromatic carbocycles. The van der Waals surface area contributed by atoms with E-state index in [2.05, 4.69) is 16.8 Å². The van der Waals surface area contributed by atoms with Gasteiger partial charge in [-0.3, -0.25) is 4.57 Å². The van der Waals surface area contributed by atoms with Crippen molar-refractivity contribution in [1.29, 1.82) is 0 Å². The molecule has 0 aliphatic rings. The predicted octanol–water partition coefficient (Wildman–Crippen LogP) is 4.70. The fraction of sp³-hybridized carbons (Fsp3) is 0.111. The molecule has 0 unspecified atom stereocenters. The average Bonchev–Trinajstić information content (AvgIpc) is 2.98. The minimum Gasteiger partial charge on any atom is -0.298 e. The van der Waals surface area contributed by atoms with Crippen LogP contribution in [0.25, 0.3) is 11.4 Å². The van der Waals surface area contributed by atoms with E-state index in [0.717, 1.165) is 5.56 Å². The highest BCUT2D eigenvalue weighted by Crippen LogP contribution is 2.28. The Kier molecular flexibility index (Phi) is 5.05. The second kappa shape index (κ2) is 7.40. The normalized spacial score (nSPS) is 10.8. The first-order valence-corrected chi connectivity index (χ1v) is 8.34. The van der Waals surface area contributed by atoms with Gasteiger partial charge in [-0.25, -0.2) is 8.78 Å². The zero-order valence-corrected chi connectivity index (χ0v) is 13.6. The van der Waals surface area contributed by atoms with Crippen LogP contribution in [0.15, 0.2) is 66.3 Å². The summed E-state index contributed by atoms with van der Waals surface area (Å²) in [7, 11) is 0. The molecule has 3 aromatic rings. The molecule has 1 aromatic heterocycles. The predicted molar refractivity (Wildman–Crippen MR) is 91.6 cm³/mol. The molecule has 0 spiro atoms. The molecule has 0 aliphatic heterocycles. The molecule has 0 aliphatic carbocycles. The molecule has 0 fully saturated rings. The first-order chi connectivity index (χ1) is 11.7. The molecule has 0 atom stereocenters. The van der Waals surface area contributed by atoms with Gasteiger partial charge in [-0.1, -0.05) is 54.2 Å². The molecule has 24 heavy (non-hydrogen) atoms. The van der Waals surface area contributed by atoms with Gasteiger partial charge in [0.05, 0.1) is 0 Å². The number of aromatic nitrogens is 3. The molecular formula is C18H15F2N3S. The van der Waals surface area contributed by atoms with Crippen molar-refractivity contribution in [3.63, 3.8) is 0 Å². The van der Waals surface area contributed by atoms with E-state index < -0.39 is 11.6 Å². The van der Waals surface area contributed by atoms with Crippen LogP contribution in [0.3, 0.4) is 0 Å². The lowest BCUT2D eigenvalue weighted by Crippen LogP contribution is -2.01. The average molecular weight is 343 g/mol. The van der Waals surface area contributed by atoms with Gasteiger partial charge in [0.1, 0.15) is 11.6 Å². The van der Waals surface area contributed by atoms with E-state index in [9.17, 15) is 8.78 Å². The lowest BCUT2D eigenvalue weighted by molar-refractivity contribution is 0.566. The summed E-state index contributed by atoms with van der Waals surface area (Å²) in [5.41, 5.74) is 0.965. The van der Waals surface area contributed by atoms with Crippen LogP contribution in [0.2, 0.25) is 0 Å². The molecule has 3 rings (SSSR count). The third-order valence-electron chi connectivity index (χ3n) is 3.47. The van der Waals surface area contributed by atoms with E-state index in [1.165, 1.54) is 30.0 Å². The van der Waals surface area contributed by atoms with E-state index in [0.29, 0.717) is 17.5 Å². The number of hydrogen-bond donors (Lipinski definition) is 0. The van der Waals surface area contributed by atoms with Crippen LogP contribution >= 0.6 is 11.8 Å². The van der Waals surface area contributed by atoms with Crippen molar-refractivity contribution in [3.05, 3.63) is 78.4 Å². The molecule has 0 radical (unpaired) electrons. The molecule has 0 saturated heterocycles. The highest BCUT2D eigenvalue weighted by molar-refractivity contribution is 7.98.